The second-order valence-electron chi connectivity index (χ2n) is 3.50. The highest BCUT2D eigenvalue weighted by Crippen LogP contribution is 2.13. The van der Waals surface area contributed by atoms with Gasteiger partial charge >= 0.3 is 0 Å². The highest BCUT2D eigenvalue weighted by molar-refractivity contribution is 5.44. The summed E-state index contributed by atoms with van der Waals surface area (Å²) in [5.41, 5.74) is 1.29. The number of hydrogen-bond acceptors (Lipinski definition) is 3. The number of nitrogens with zero attached hydrogens (tertiary/aromatic N) is 3. The Morgan fingerprint density at radius 3 is 2.07 bits per heavy atom. The van der Waals surface area contributed by atoms with E-state index in [0.29, 0.717) is 0 Å². The van der Waals surface area contributed by atoms with Crippen LogP contribution in [0.2, 0.25) is 0 Å². The van der Waals surface area contributed by atoms with E-state index in [2.05, 4.69) is 34.0 Å². The monoisotopic (exact) mass is 207 g/mol. The zero-order valence-electron chi connectivity index (χ0n) is 9.98. The van der Waals surface area contributed by atoms with Gasteiger partial charge in [0.05, 0.1) is 0 Å². The number of aromatic nitrogens is 1. The largest absolute Gasteiger partial charge is 0.369 e. The van der Waals surface area contributed by atoms with Gasteiger partial charge in [-0.3, -0.25) is 4.98 Å². The number of piperazine rings is 1. The van der Waals surface area contributed by atoms with Crippen molar-refractivity contribution in [1.82, 2.24) is 9.88 Å². The lowest BCUT2D eigenvalue weighted by Gasteiger charge is -2.33. The van der Waals surface area contributed by atoms with Gasteiger partial charge in [-0.05, 0) is 19.2 Å². The summed E-state index contributed by atoms with van der Waals surface area (Å²) < 4.78 is 0. The van der Waals surface area contributed by atoms with Gasteiger partial charge in [0, 0.05) is 44.3 Å². The lowest BCUT2D eigenvalue weighted by Crippen LogP contribution is -2.44. The first-order valence-electron chi connectivity index (χ1n) is 5.70. The van der Waals surface area contributed by atoms with Crippen molar-refractivity contribution in [3.63, 3.8) is 0 Å². The van der Waals surface area contributed by atoms with E-state index in [4.69, 9.17) is 0 Å². The van der Waals surface area contributed by atoms with Crippen molar-refractivity contribution in [3.8, 4) is 0 Å². The summed E-state index contributed by atoms with van der Waals surface area (Å²) in [6.45, 7) is 8.56. The van der Waals surface area contributed by atoms with Crippen LogP contribution in [0.3, 0.4) is 0 Å². The summed E-state index contributed by atoms with van der Waals surface area (Å²) in [5, 5.41) is 0. The van der Waals surface area contributed by atoms with Crippen molar-refractivity contribution in [1.29, 1.82) is 0 Å². The smallest absolute Gasteiger partial charge is 0.0397 e. The van der Waals surface area contributed by atoms with Gasteiger partial charge in [-0.1, -0.05) is 13.8 Å². The fourth-order valence-corrected chi connectivity index (χ4v) is 1.62. The molecule has 0 aliphatic carbocycles. The second kappa shape index (κ2) is 6.40. The van der Waals surface area contributed by atoms with Crippen LogP contribution in [0.4, 0.5) is 5.69 Å². The highest BCUT2D eigenvalue weighted by atomic mass is 15.2. The maximum atomic E-state index is 4.02. The quantitative estimate of drug-likeness (QED) is 0.700. The Balaban J connectivity index is 0.000000531. The Hall–Kier alpha value is -1.09. The Kier molecular flexibility index (Phi) is 5.12. The van der Waals surface area contributed by atoms with E-state index in [1.807, 2.05) is 26.2 Å². The highest BCUT2D eigenvalue weighted by Gasteiger charge is 2.13. The first kappa shape index (κ1) is 12.0. The van der Waals surface area contributed by atoms with Crippen LogP contribution in [0.1, 0.15) is 13.8 Å². The maximum absolute atomic E-state index is 4.02. The summed E-state index contributed by atoms with van der Waals surface area (Å²) in [4.78, 5) is 8.78. The van der Waals surface area contributed by atoms with E-state index in [1.54, 1.807) is 0 Å². The standard InChI is InChI=1S/C10H15N3.C2H6/c1-12-6-8-13(9-7-12)10-2-4-11-5-3-10;1-2/h2-5H,6-9H2,1H3;1-2H3. The summed E-state index contributed by atoms with van der Waals surface area (Å²) in [5.74, 6) is 0. The minimum Gasteiger partial charge on any atom is -0.369 e. The molecule has 0 radical (unpaired) electrons. The molecule has 2 rings (SSSR count). The number of pyridine rings is 1. The second-order valence-corrected chi connectivity index (χ2v) is 3.50. The van der Waals surface area contributed by atoms with Crippen molar-refractivity contribution >= 4 is 5.69 Å². The molecule has 1 aromatic heterocycles. The molecule has 0 atom stereocenters. The molecule has 1 aliphatic rings. The van der Waals surface area contributed by atoms with E-state index in [9.17, 15) is 0 Å². The molecule has 0 N–H and O–H groups in total. The van der Waals surface area contributed by atoms with Crippen molar-refractivity contribution < 1.29 is 0 Å². The molecular formula is C12H21N3. The fraction of sp³-hybridized carbons (Fsp3) is 0.583. The molecule has 3 heteroatoms. The SMILES string of the molecule is CC.CN1CCN(c2ccncc2)CC1. The Labute approximate surface area is 92.7 Å². The molecule has 15 heavy (non-hydrogen) atoms. The van der Waals surface area contributed by atoms with Crippen LogP contribution < -0.4 is 4.90 Å². The van der Waals surface area contributed by atoms with Crippen molar-refractivity contribution in [2.24, 2.45) is 0 Å². The summed E-state index contributed by atoms with van der Waals surface area (Å²) in [6.07, 6.45) is 3.71. The van der Waals surface area contributed by atoms with Gasteiger partial charge in [-0.15, -0.1) is 0 Å². The molecule has 1 saturated heterocycles. The minimum atomic E-state index is 1.13. The number of likely N-dealkylation sites (N-methyl/N-ethyl adjacent to an activating group) is 1. The molecule has 84 valence electrons. The zero-order chi connectivity index (χ0) is 11.1. The lowest BCUT2D eigenvalue weighted by molar-refractivity contribution is 0.313. The van der Waals surface area contributed by atoms with Crippen LogP contribution >= 0.6 is 0 Å². The molecule has 0 bridgehead atoms. The third-order valence-corrected chi connectivity index (χ3v) is 2.53. The molecule has 2 heterocycles. The van der Waals surface area contributed by atoms with Gasteiger partial charge in [0.1, 0.15) is 0 Å². The molecule has 0 saturated carbocycles. The van der Waals surface area contributed by atoms with Gasteiger partial charge in [-0.25, -0.2) is 0 Å². The van der Waals surface area contributed by atoms with Crippen molar-refractivity contribution in [2.45, 2.75) is 13.8 Å². The molecular weight excluding hydrogens is 186 g/mol. The Morgan fingerprint density at radius 2 is 1.53 bits per heavy atom. The van der Waals surface area contributed by atoms with E-state index in [0.717, 1.165) is 26.2 Å². The molecule has 1 aliphatic heterocycles. The Bertz CT molecular complexity index is 253. The number of hydrogen-bond donors (Lipinski definition) is 0. The van der Waals surface area contributed by atoms with Gasteiger partial charge < -0.3 is 9.80 Å². The fourth-order valence-electron chi connectivity index (χ4n) is 1.62. The molecule has 0 aromatic carbocycles. The van der Waals surface area contributed by atoms with E-state index in [-0.39, 0.29) is 0 Å². The molecule has 3 nitrogen and oxygen atoms in total. The topological polar surface area (TPSA) is 19.4 Å². The molecule has 0 amide bonds. The van der Waals surface area contributed by atoms with Crippen LogP contribution in [0.5, 0.6) is 0 Å². The molecule has 0 unspecified atom stereocenters. The normalized spacial score (nSPS) is 16.9. The van der Waals surface area contributed by atoms with Crippen LogP contribution in [0.25, 0.3) is 0 Å². The van der Waals surface area contributed by atoms with Crippen LogP contribution in [0, 0.1) is 0 Å². The third-order valence-electron chi connectivity index (χ3n) is 2.53. The van der Waals surface area contributed by atoms with Crippen molar-refractivity contribution in [2.75, 3.05) is 38.1 Å². The maximum Gasteiger partial charge on any atom is 0.0397 e. The minimum absolute atomic E-state index is 1.13. The summed E-state index contributed by atoms with van der Waals surface area (Å²) >= 11 is 0. The van der Waals surface area contributed by atoms with Gasteiger partial charge in [0.25, 0.3) is 0 Å². The molecule has 1 aromatic rings. The van der Waals surface area contributed by atoms with Crippen molar-refractivity contribution in [3.05, 3.63) is 24.5 Å². The van der Waals surface area contributed by atoms with E-state index >= 15 is 0 Å². The third kappa shape index (κ3) is 3.51. The van der Waals surface area contributed by atoms with Gasteiger partial charge in [0.15, 0.2) is 0 Å². The predicted octanol–water partition coefficient (Wildman–Crippen LogP) is 1.86. The average Bonchev–Trinajstić information content (AvgIpc) is 2.34. The van der Waals surface area contributed by atoms with Crippen LogP contribution in [0.15, 0.2) is 24.5 Å². The first-order valence-corrected chi connectivity index (χ1v) is 5.70. The molecule has 0 spiro atoms. The number of rotatable bonds is 1. The Morgan fingerprint density at radius 1 is 1.00 bits per heavy atom. The van der Waals surface area contributed by atoms with E-state index in [1.165, 1.54) is 5.69 Å². The predicted molar refractivity (Wildman–Crippen MR) is 65.3 cm³/mol. The molecule has 1 fully saturated rings. The van der Waals surface area contributed by atoms with Crippen LogP contribution in [-0.4, -0.2) is 43.1 Å². The first-order chi connectivity index (χ1) is 7.36. The number of anilines is 1. The lowest BCUT2D eigenvalue weighted by atomic mass is 10.3. The average molecular weight is 207 g/mol. The van der Waals surface area contributed by atoms with Gasteiger partial charge in [0.2, 0.25) is 0 Å². The van der Waals surface area contributed by atoms with Crippen LogP contribution in [-0.2, 0) is 0 Å². The van der Waals surface area contributed by atoms with Gasteiger partial charge in [-0.2, -0.15) is 0 Å². The summed E-state index contributed by atoms with van der Waals surface area (Å²) in [7, 11) is 2.17. The van der Waals surface area contributed by atoms with E-state index < -0.39 is 0 Å². The summed E-state index contributed by atoms with van der Waals surface area (Å²) in [6, 6.07) is 4.15. The zero-order valence-corrected chi connectivity index (χ0v) is 9.98.